The van der Waals surface area contributed by atoms with Gasteiger partial charge in [0.2, 0.25) is 0 Å². The van der Waals surface area contributed by atoms with E-state index in [1.54, 1.807) is 20.8 Å². The summed E-state index contributed by atoms with van der Waals surface area (Å²) in [4.78, 5) is 11.2. The molecule has 3 nitrogen and oxygen atoms in total. The lowest BCUT2D eigenvalue weighted by Crippen LogP contribution is -2.47. The van der Waals surface area contributed by atoms with Crippen LogP contribution in [0.1, 0.15) is 27.7 Å². The van der Waals surface area contributed by atoms with Crippen LogP contribution < -0.4 is 5.73 Å². The van der Waals surface area contributed by atoms with Crippen molar-refractivity contribution in [1.82, 2.24) is 0 Å². The van der Waals surface area contributed by atoms with E-state index < -0.39 is 29.7 Å². The van der Waals surface area contributed by atoms with Crippen molar-refractivity contribution in [1.29, 1.82) is 0 Å². The molecule has 0 saturated heterocycles. The topological polar surface area (TPSA) is 52.3 Å². The van der Waals surface area contributed by atoms with Gasteiger partial charge in [0.05, 0.1) is 5.92 Å². The zero-order valence-corrected chi connectivity index (χ0v) is 9.18. The number of alkyl halides is 3. The summed E-state index contributed by atoms with van der Waals surface area (Å²) < 4.78 is 41.3. The van der Waals surface area contributed by atoms with E-state index in [9.17, 15) is 18.0 Å². The summed E-state index contributed by atoms with van der Waals surface area (Å²) in [5.74, 6) is -2.34. The molecule has 0 rings (SSSR count). The Balaban J connectivity index is 4.46. The lowest BCUT2D eigenvalue weighted by Gasteiger charge is -2.26. The molecule has 0 fully saturated rings. The fourth-order valence-electron chi connectivity index (χ4n) is 0.825. The second-order valence-electron chi connectivity index (χ2n) is 4.39. The van der Waals surface area contributed by atoms with E-state index in [0.717, 1.165) is 6.92 Å². The van der Waals surface area contributed by atoms with Crippen LogP contribution in [-0.2, 0) is 9.53 Å². The van der Waals surface area contributed by atoms with E-state index in [2.05, 4.69) is 0 Å². The van der Waals surface area contributed by atoms with E-state index in [-0.39, 0.29) is 0 Å². The van der Waals surface area contributed by atoms with Crippen LogP contribution in [0.15, 0.2) is 0 Å². The molecule has 0 saturated carbocycles. The minimum absolute atomic E-state index is 0.809. The van der Waals surface area contributed by atoms with Crippen LogP contribution in [0, 0.1) is 5.92 Å². The van der Waals surface area contributed by atoms with Gasteiger partial charge in [0.25, 0.3) is 0 Å². The highest BCUT2D eigenvalue weighted by Gasteiger charge is 2.44. The van der Waals surface area contributed by atoms with Crippen LogP contribution >= 0.6 is 0 Å². The summed E-state index contributed by atoms with van der Waals surface area (Å²) in [6, 6.07) is -2.19. The number of nitrogens with two attached hydrogens (primary N) is 1. The normalized spacial score (nSPS) is 17.1. The molecule has 6 heteroatoms. The van der Waals surface area contributed by atoms with Crippen molar-refractivity contribution in [3.8, 4) is 0 Å². The monoisotopic (exact) mass is 227 g/mol. The number of rotatable bonds is 2. The minimum atomic E-state index is -4.59. The molecular formula is C9H16F3NO2. The quantitative estimate of drug-likeness (QED) is 0.732. The Hall–Kier alpha value is -0.780. The third-order valence-electron chi connectivity index (χ3n) is 1.70. The first-order valence-corrected chi connectivity index (χ1v) is 4.50. The SMILES string of the molecule is C[C@H](C(=O)OC(C)(C)C)[C@H](N)C(F)(F)F. The van der Waals surface area contributed by atoms with Gasteiger partial charge in [-0.25, -0.2) is 0 Å². The molecule has 2 atom stereocenters. The number of carbonyl (C=O) groups excluding carboxylic acids is 1. The molecule has 0 aliphatic rings. The smallest absolute Gasteiger partial charge is 0.404 e. The van der Waals surface area contributed by atoms with Gasteiger partial charge in [0.1, 0.15) is 11.6 Å². The maximum Gasteiger partial charge on any atom is 0.404 e. The molecule has 0 bridgehead atoms. The third kappa shape index (κ3) is 5.01. The first-order valence-electron chi connectivity index (χ1n) is 4.50. The van der Waals surface area contributed by atoms with E-state index in [1.807, 2.05) is 0 Å². The van der Waals surface area contributed by atoms with Gasteiger partial charge in [-0.1, -0.05) is 6.92 Å². The van der Waals surface area contributed by atoms with Crippen molar-refractivity contribution in [2.75, 3.05) is 0 Å². The van der Waals surface area contributed by atoms with Crippen LogP contribution in [0.3, 0.4) is 0 Å². The largest absolute Gasteiger partial charge is 0.460 e. The zero-order chi connectivity index (χ0) is 12.4. The number of hydrogen-bond acceptors (Lipinski definition) is 3. The van der Waals surface area contributed by atoms with Crippen LogP contribution in [0.2, 0.25) is 0 Å². The van der Waals surface area contributed by atoms with Crippen molar-refractivity contribution >= 4 is 5.97 Å². The van der Waals surface area contributed by atoms with Crippen molar-refractivity contribution in [2.24, 2.45) is 11.7 Å². The maximum absolute atomic E-state index is 12.2. The minimum Gasteiger partial charge on any atom is -0.460 e. The van der Waals surface area contributed by atoms with Crippen molar-refractivity contribution in [3.63, 3.8) is 0 Å². The first kappa shape index (κ1) is 14.2. The number of ether oxygens (including phenoxy) is 1. The van der Waals surface area contributed by atoms with Crippen molar-refractivity contribution in [2.45, 2.75) is 45.5 Å². The molecule has 0 unspecified atom stereocenters. The molecule has 0 aromatic rings. The summed E-state index contributed by atoms with van der Waals surface area (Å²) in [7, 11) is 0. The molecule has 0 heterocycles. The Morgan fingerprint density at radius 3 is 1.93 bits per heavy atom. The van der Waals surface area contributed by atoms with Gasteiger partial charge in [0.15, 0.2) is 0 Å². The van der Waals surface area contributed by atoms with E-state index in [4.69, 9.17) is 10.5 Å². The molecule has 15 heavy (non-hydrogen) atoms. The number of halogens is 3. The summed E-state index contributed by atoms with van der Waals surface area (Å²) in [5, 5.41) is 0. The molecule has 2 N–H and O–H groups in total. The van der Waals surface area contributed by atoms with Gasteiger partial charge in [-0.05, 0) is 20.8 Å². The van der Waals surface area contributed by atoms with Crippen LogP contribution in [0.25, 0.3) is 0 Å². The molecule has 0 aliphatic carbocycles. The Bertz CT molecular complexity index is 232. The molecular weight excluding hydrogens is 211 g/mol. The van der Waals surface area contributed by atoms with E-state index in [1.165, 1.54) is 0 Å². The lowest BCUT2D eigenvalue weighted by atomic mass is 10.0. The molecule has 0 aromatic heterocycles. The highest BCUT2D eigenvalue weighted by atomic mass is 19.4. The Morgan fingerprint density at radius 2 is 1.67 bits per heavy atom. The van der Waals surface area contributed by atoms with Gasteiger partial charge in [0, 0.05) is 0 Å². The Labute approximate surface area is 86.8 Å². The Morgan fingerprint density at radius 1 is 1.27 bits per heavy atom. The van der Waals surface area contributed by atoms with Gasteiger partial charge in [-0.3, -0.25) is 4.79 Å². The van der Waals surface area contributed by atoms with Gasteiger partial charge >= 0.3 is 12.1 Å². The van der Waals surface area contributed by atoms with Crippen molar-refractivity contribution in [3.05, 3.63) is 0 Å². The average Bonchev–Trinajstić information content (AvgIpc) is 1.96. The average molecular weight is 227 g/mol. The number of hydrogen-bond donors (Lipinski definition) is 1. The van der Waals surface area contributed by atoms with Crippen LogP contribution in [0.5, 0.6) is 0 Å². The summed E-state index contributed by atoms with van der Waals surface area (Å²) in [5.41, 5.74) is 4.08. The number of esters is 1. The highest BCUT2D eigenvalue weighted by Crippen LogP contribution is 2.25. The molecule has 0 spiro atoms. The van der Waals surface area contributed by atoms with Gasteiger partial charge in [-0.2, -0.15) is 13.2 Å². The summed E-state index contributed by atoms with van der Waals surface area (Å²) in [6.07, 6.45) is -4.59. The standard InChI is InChI=1S/C9H16F3NO2/c1-5(6(13)9(10,11)12)7(14)15-8(2,3)4/h5-6H,13H2,1-4H3/t5-,6-/m0/s1. The molecule has 90 valence electrons. The van der Waals surface area contributed by atoms with Crippen LogP contribution in [0.4, 0.5) is 13.2 Å². The Kier molecular flexibility index (Phi) is 4.16. The second kappa shape index (κ2) is 4.38. The van der Waals surface area contributed by atoms with Gasteiger partial charge in [-0.15, -0.1) is 0 Å². The highest BCUT2D eigenvalue weighted by molar-refractivity contribution is 5.73. The molecule has 0 aromatic carbocycles. The summed E-state index contributed by atoms with van der Waals surface area (Å²) >= 11 is 0. The number of carbonyl (C=O) groups is 1. The third-order valence-corrected chi connectivity index (χ3v) is 1.70. The van der Waals surface area contributed by atoms with Gasteiger partial charge < -0.3 is 10.5 Å². The van der Waals surface area contributed by atoms with E-state index in [0.29, 0.717) is 0 Å². The van der Waals surface area contributed by atoms with Crippen molar-refractivity contribution < 1.29 is 22.7 Å². The predicted molar refractivity (Wildman–Crippen MR) is 49.0 cm³/mol. The molecule has 0 amide bonds. The van der Waals surface area contributed by atoms with Crippen LogP contribution in [-0.4, -0.2) is 23.8 Å². The zero-order valence-electron chi connectivity index (χ0n) is 9.18. The lowest BCUT2D eigenvalue weighted by molar-refractivity contribution is -0.181. The van der Waals surface area contributed by atoms with E-state index >= 15 is 0 Å². The second-order valence-corrected chi connectivity index (χ2v) is 4.39. The maximum atomic E-state index is 12.2. The fraction of sp³-hybridized carbons (Fsp3) is 0.889. The first-order chi connectivity index (χ1) is 6.45. The molecule has 0 radical (unpaired) electrons. The predicted octanol–water partition coefficient (Wildman–Crippen LogP) is 1.85. The fourth-order valence-corrected chi connectivity index (χ4v) is 0.825. The molecule has 0 aliphatic heterocycles. The summed E-state index contributed by atoms with van der Waals surface area (Å²) in [6.45, 7) is 5.84.